The van der Waals surface area contributed by atoms with E-state index in [1.54, 1.807) is 18.2 Å². The summed E-state index contributed by atoms with van der Waals surface area (Å²) < 4.78 is 4.92. The molecule has 25 heavy (non-hydrogen) atoms. The molecule has 0 aliphatic carbocycles. The molecule has 0 saturated heterocycles. The Morgan fingerprint density at radius 3 is 2.48 bits per heavy atom. The van der Waals surface area contributed by atoms with E-state index >= 15 is 0 Å². The van der Waals surface area contributed by atoms with Gasteiger partial charge in [-0.05, 0) is 43.7 Å². The van der Waals surface area contributed by atoms with Gasteiger partial charge < -0.3 is 10.1 Å². The van der Waals surface area contributed by atoms with E-state index in [0.29, 0.717) is 16.3 Å². The normalized spacial score (nSPS) is 10.2. The van der Waals surface area contributed by atoms with E-state index < -0.39 is 23.4 Å². The number of nitro groups is 1. The highest BCUT2D eigenvalue weighted by atomic mass is 35.5. The lowest BCUT2D eigenvalue weighted by molar-refractivity contribution is -0.385. The third-order valence-corrected chi connectivity index (χ3v) is 3.83. The summed E-state index contributed by atoms with van der Waals surface area (Å²) in [6.45, 7) is 2.87. The van der Waals surface area contributed by atoms with Crippen molar-refractivity contribution in [2.75, 3.05) is 11.9 Å². The second-order valence-corrected chi connectivity index (χ2v) is 5.75. The average molecular weight is 363 g/mol. The van der Waals surface area contributed by atoms with Crippen LogP contribution in [-0.4, -0.2) is 23.4 Å². The van der Waals surface area contributed by atoms with Crippen LogP contribution in [0, 0.1) is 24.0 Å². The molecule has 8 heteroatoms. The molecule has 0 radical (unpaired) electrons. The maximum absolute atomic E-state index is 11.9. The molecule has 0 spiro atoms. The summed E-state index contributed by atoms with van der Waals surface area (Å²) >= 11 is 5.97. The molecule has 7 nitrogen and oxygen atoms in total. The summed E-state index contributed by atoms with van der Waals surface area (Å²) in [6, 6.07) is 8.88. The van der Waals surface area contributed by atoms with Gasteiger partial charge in [0.15, 0.2) is 6.61 Å². The molecule has 0 saturated carbocycles. The van der Waals surface area contributed by atoms with Gasteiger partial charge in [-0.25, -0.2) is 4.79 Å². The molecule has 0 aromatic heterocycles. The van der Waals surface area contributed by atoms with E-state index in [4.69, 9.17) is 16.3 Å². The number of nitrogens with zero attached hydrogens (tertiary/aromatic N) is 1. The average Bonchev–Trinajstić information content (AvgIpc) is 2.55. The van der Waals surface area contributed by atoms with Crippen molar-refractivity contribution in [2.45, 2.75) is 13.8 Å². The molecule has 0 aliphatic rings. The van der Waals surface area contributed by atoms with Gasteiger partial charge in [-0.1, -0.05) is 17.7 Å². The lowest BCUT2D eigenvalue weighted by Crippen LogP contribution is -2.21. The number of ether oxygens (including phenoxy) is 1. The number of rotatable bonds is 5. The maximum Gasteiger partial charge on any atom is 0.338 e. The van der Waals surface area contributed by atoms with Crippen LogP contribution < -0.4 is 5.32 Å². The molecule has 0 bridgehead atoms. The van der Waals surface area contributed by atoms with E-state index in [-0.39, 0.29) is 11.3 Å². The molecule has 2 rings (SSSR count). The number of benzene rings is 2. The van der Waals surface area contributed by atoms with Crippen molar-refractivity contribution in [3.8, 4) is 0 Å². The van der Waals surface area contributed by atoms with Crippen molar-refractivity contribution >= 4 is 34.9 Å². The number of aryl methyl sites for hydroxylation is 2. The number of hydrogen-bond acceptors (Lipinski definition) is 5. The Bertz CT molecular complexity index is 851. The number of anilines is 1. The first kappa shape index (κ1) is 18.4. The molecule has 1 amide bonds. The molecule has 0 atom stereocenters. The summed E-state index contributed by atoms with van der Waals surface area (Å²) in [7, 11) is 0. The van der Waals surface area contributed by atoms with Gasteiger partial charge in [0.2, 0.25) is 0 Å². The van der Waals surface area contributed by atoms with Crippen molar-refractivity contribution in [3.63, 3.8) is 0 Å². The zero-order valence-electron chi connectivity index (χ0n) is 13.5. The highest BCUT2D eigenvalue weighted by molar-refractivity contribution is 6.31. The van der Waals surface area contributed by atoms with Crippen molar-refractivity contribution in [3.05, 3.63) is 68.2 Å². The zero-order chi connectivity index (χ0) is 18.6. The summed E-state index contributed by atoms with van der Waals surface area (Å²) in [5, 5.41) is 13.8. The van der Waals surface area contributed by atoms with Crippen molar-refractivity contribution in [1.82, 2.24) is 0 Å². The number of esters is 1. The predicted octanol–water partition coefficient (Wildman–Crippen LogP) is 3.66. The SMILES string of the molecule is Cc1ccc(NC(=O)COC(=O)c2ccc([N+](=O)[O-])c(C)c2)cc1Cl. The van der Waals surface area contributed by atoms with E-state index in [1.165, 1.54) is 25.1 Å². The summed E-state index contributed by atoms with van der Waals surface area (Å²) in [6.07, 6.45) is 0. The first-order valence-corrected chi connectivity index (χ1v) is 7.64. The highest BCUT2D eigenvalue weighted by Gasteiger charge is 2.15. The van der Waals surface area contributed by atoms with Crippen molar-refractivity contribution < 1.29 is 19.2 Å². The van der Waals surface area contributed by atoms with Gasteiger partial charge in [-0.15, -0.1) is 0 Å². The molecule has 0 heterocycles. The Hall–Kier alpha value is -2.93. The molecule has 0 aliphatic heterocycles. The molecule has 0 unspecified atom stereocenters. The number of carbonyl (C=O) groups is 2. The largest absolute Gasteiger partial charge is 0.452 e. The van der Waals surface area contributed by atoms with Crippen LogP contribution in [0.1, 0.15) is 21.5 Å². The smallest absolute Gasteiger partial charge is 0.338 e. The van der Waals surface area contributed by atoms with Crippen LogP contribution in [0.4, 0.5) is 11.4 Å². The lowest BCUT2D eigenvalue weighted by atomic mass is 10.1. The Balaban J connectivity index is 1.95. The van der Waals surface area contributed by atoms with Gasteiger partial charge in [0.25, 0.3) is 11.6 Å². The van der Waals surface area contributed by atoms with Crippen LogP contribution in [0.2, 0.25) is 5.02 Å². The number of carbonyl (C=O) groups excluding carboxylic acids is 2. The Labute approximate surface area is 148 Å². The molecule has 1 N–H and O–H groups in total. The van der Waals surface area contributed by atoms with E-state index in [1.807, 2.05) is 6.92 Å². The highest BCUT2D eigenvalue weighted by Crippen LogP contribution is 2.20. The number of hydrogen-bond donors (Lipinski definition) is 1. The molecular formula is C17H15ClN2O5. The second kappa shape index (κ2) is 7.76. The van der Waals surface area contributed by atoms with Crippen LogP contribution >= 0.6 is 11.6 Å². The fraction of sp³-hybridized carbons (Fsp3) is 0.176. The van der Waals surface area contributed by atoms with E-state index in [2.05, 4.69) is 5.32 Å². The molecule has 130 valence electrons. The number of nitrogens with one attached hydrogen (secondary N) is 1. The Morgan fingerprint density at radius 2 is 1.88 bits per heavy atom. The van der Waals surface area contributed by atoms with Gasteiger partial charge in [0, 0.05) is 22.3 Å². The van der Waals surface area contributed by atoms with E-state index in [9.17, 15) is 19.7 Å². The standard InChI is InChI=1S/C17H15ClN2O5/c1-10-3-5-13(8-14(10)18)19-16(21)9-25-17(22)12-4-6-15(20(23)24)11(2)7-12/h3-8H,9H2,1-2H3,(H,19,21). The van der Waals surface area contributed by atoms with Crippen molar-refractivity contribution in [1.29, 1.82) is 0 Å². The monoisotopic (exact) mass is 362 g/mol. The van der Waals surface area contributed by atoms with Gasteiger partial charge in [-0.3, -0.25) is 14.9 Å². The number of halogens is 1. The first-order chi connectivity index (χ1) is 11.8. The van der Waals surface area contributed by atoms with E-state index in [0.717, 1.165) is 5.56 Å². The second-order valence-electron chi connectivity index (χ2n) is 5.35. The Morgan fingerprint density at radius 1 is 1.16 bits per heavy atom. The molecule has 2 aromatic rings. The van der Waals surface area contributed by atoms with Crippen LogP contribution in [0.5, 0.6) is 0 Å². The minimum absolute atomic E-state index is 0.0921. The Kier molecular flexibility index (Phi) is 5.71. The van der Waals surface area contributed by atoms with Crippen LogP contribution in [0.3, 0.4) is 0 Å². The van der Waals surface area contributed by atoms with Gasteiger partial charge in [0.1, 0.15) is 0 Å². The van der Waals surface area contributed by atoms with Crippen LogP contribution in [0.15, 0.2) is 36.4 Å². The van der Waals surface area contributed by atoms with Gasteiger partial charge in [0.05, 0.1) is 10.5 Å². The summed E-state index contributed by atoms with van der Waals surface area (Å²) in [5.74, 6) is -1.26. The maximum atomic E-state index is 11.9. The lowest BCUT2D eigenvalue weighted by Gasteiger charge is -2.08. The van der Waals surface area contributed by atoms with Crippen molar-refractivity contribution in [2.24, 2.45) is 0 Å². The molecule has 0 fully saturated rings. The van der Waals surface area contributed by atoms with Crippen LogP contribution in [-0.2, 0) is 9.53 Å². The minimum atomic E-state index is -0.741. The summed E-state index contributed by atoms with van der Waals surface area (Å²) in [4.78, 5) is 34.0. The zero-order valence-corrected chi connectivity index (χ0v) is 14.3. The van der Waals surface area contributed by atoms with Crippen LogP contribution in [0.25, 0.3) is 0 Å². The fourth-order valence-electron chi connectivity index (χ4n) is 2.07. The molecular weight excluding hydrogens is 348 g/mol. The minimum Gasteiger partial charge on any atom is -0.452 e. The summed E-state index contributed by atoms with van der Waals surface area (Å²) in [5.41, 5.74) is 1.74. The third kappa shape index (κ3) is 4.77. The number of nitro benzene ring substituents is 1. The fourth-order valence-corrected chi connectivity index (χ4v) is 2.25. The number of amides is 1. The third-order valence-electron chi connectivity index (χ3n) is 3.42. The first-order valence-electron chi connectivity index (χ1n) is 7.26. The predicted molar refractivity (Wildman–Crippen MR) is 92.9 cm³/mol. The van der Waals surface area contributed by atoms with Gasteiger partial charge in [-0.2, -0.15) is 0 Å². The molecule has 2 aromatic carbocycles. The topological polar surface area (TPSA) is 98.5 Å². The quantitative estimate of drug-likeness (QED) is 0.497. The van der Waals surface area contributed by atoms with Gasteiger partial charge >= 0.3 is 5.97 Å².